The fraction of sp³-hybridized carbons (Fsp3) is 0.267. The van der Waals surface area contributed by atoms with Gasteiger partial charge in [-0.3, -0.25) is 4.79 Å². The lowest BCUT2D eigenvalue weighted by Gasteiger charge is -2.08. The molecule has 1 heterocycles. The Labute approximate surface area is 136 Å². The fourth-order valence-corrected chi connectivity index (χ4v) is 2.51. The Hall–Kier alpha value is -2.48. The summed E-state index contributed by atoms with van der Waals surface area (Å²) >= 11 is 1.11. The number of aromatic nitrogens is 1. The number of nitrogens with zero attached hydrogens (tertiary/aromatic N) is 1. The molecule has 0 bridgehead atoms. The molecule has 1 aromatic carbocycles. The fourth-order valence-electron chi connectivity index (χ4n) is 1.65. The summed E-state index contributed by atoms with van der Waals surface area (Å²) in [5, 5.41) is 0.561. The smallest absolute Gasteiger partial charge is 0.351 e. The van der Waals surface area contributed by atoms with Gasteiger partial charge in [0.2, 0.25) is 0 Å². The number of rotatable bonds is 6. The first-order valence-electron chi connectivity index (χ1n) is 6.71. The van der Waals surface area contributed by atoms with E-state index in [1.54, 1.807) is 6.92 Å². The second-order valence-corrected chi connectivity index (χ2v) is 5.80. The van der Waals surface area contributed by atoms with Gasteiger partial charge in [-0.2, -0.15) is 0 Å². The largest absolute Gasteiger partial charge is 0.486 e. The van der Waals surface area contributed by atoms with Gasteiger partial charge in [-0.15, -0.1) is 11.3 Å². The zero-order valence-corrected chi connectivity index (χ0v) is 13.4. The van der Waals surface area contributed by atoms with Gasteiger partial charge in [-0.05, 0) is 38.1 Å². The Kier molecular flexibility index (Phi) is 5.28. The third-order valence-electron chi connectivity index (χ3n) is 2.89. The van der Waals surface area contributed by atoms with Gasteiger partial charge in [0, 0.05) is 0 Å². The SMILES string of the molecule is Cc1nc(COc2ccc(F)cc2)sc1C(=O)OC(C)C(N)=O. The molecule has 0 aliphatic carbocycles. The van der Waals surface area contributed by atoms with Crippen LogP contribution in [0.15, 0.2) is 24.3 Å². The molecule has 0 fully saturated rings. The molecule has 8 heteroatoms. The molecule has 0 aliphatic rings. The third kappa shape index (κ3) is 4.49. The number of nitrogens with two attached hydrogens (primary N) is 1. The van der Waals surface area contributed by atoms with E-state index in [-0.39, 0.29) is 17.3 Å². The monoisotopic (exact) mass is 338 g/mol. The predicted molar refractivity (Wildman–Crippen MR) is 81.7 cm³/mol. The molecule has 2 rings (SSSR count). The molecule has 122 valence electrons. The number of hydrogen-bond acceptors (Lipinski definition) is 6. The molecule has 0 radical (unpaired) electrons. The van der Waals surface area contributed by atoms with E-state index in [1.165, 1.54) is 31.2 Å². The summed E-state index contributed by atoms with van der Waals surface area (Å²) in [6, 6.07) is 5.58. The van der Waals surface area contributed by atoms with Gasteiger partial charge < -0.3 is 15.2 Å². The highest BCUT2D eigenvalue weighted by Gasteiger charge is 2.21. The standard InChI is InChI=1S/C15H15FN2O4S/c1-8-13(15(20)22-9(2)14(17)19)23-12(18-8)7-21-11-5-3-10(16)4-6-11/h3-6,9H,7H2,1-2H3,(H2,17,19). The van der Waals surface area contributed by atoms with E-state index in [4.69, 9.17) is 15.2 Å². The Bertz CT molecular complexity index is 715. The van der Waals surface area contributed by atoms with Crippen molar-refractivity contribution in [3.05, 3.63) is 45.7 Å². The maximum Gasteiger partial charge on any atom is 0.351 e. The lowest BCUT2D eigenvalue weighted by Crippen LogP contribution is -2.30. The Morgan fingerprint density at radius 3 is 2.61 bits per heavy atom. The van der Waals surface area contributed by atoms with Gasteiger partial charge >= 0.3 is 5.97 Å². The van der Waals surface area contributed by atoms with Gasteiger partial charge in [-0.1, -0.05) is 0 Å². The molecule has 1 amide bonds. The highest BCUT2D eigenvalue weighted by atomic mass is 32.1. The highest BCUT2D eigenvalue weighted by molar-refractivity contribution is 7.13. The molecule has 1 aromatic heterocycles. The van der Waals surface area contributed by atoms with Crippen molar-refractivity contribution in [2.45, 2.75) is 26.6 Å². The number of benzene rings is 1. The maximum atomic E-state index is 12.8. The maximum absolute atomic E-state index is 12.8. The van der Waals surface area contributed by atoms with Gasteiger partial charge in [0.05, 0.1) is 5.69 Å². The summed E-state index contributed by atoms with van der Waals surface area (Å²) in [6.07, 6.45) is -1.01. The summed E-state index contributed by atoms with van der Waals surface area (Å²) in [5.41, 5.74) is 5.53. The molecule has 0 saturated heterocycles. The van der Waals surface area contributed by atoms with Crippen LogP contribution < -0.4 is 10.5 Å². The third-order valence-corrected chi connectivity index (χ3v) is 4.00. The van der Waals surface area contributed by atoms with Crippen LogP contribution in [-0.4, -0.2) is 23.0 Å². The zero-order valence-electron chi connectivity index (χ0n) is 12.5. The van der Waals surface area contributed by atoms with Crippen molar-refractivity contribution in [3.8, 4) is 5.75 Å². The Morgan fingerprint density at radius 2 is 2.00 bits per heavy atom. The predicted octanol–water partition coefficient (Wildman–Crippen LogP) is 2.20. The number of thiazole rings is 1. The molecule has 2 aromatic rings. The molecule has 6 nitrogen and oxygen atoms in total. The first kappa shape index (κ1) is 16.9. The molecule has 0 saturated carbocycles. The van der Waals surface area contributed by atoms with Gasteiger partial charge in [0.1, 0.15) is 28.1 Å². The van der Waals surface area contributed by atoms with E-state index >= 15 is 0 Å². The van der Waals surface area contributed by atoms with Crippen molar-refractivity contribution in [1.29, 1.82) is 0 Å². The first-order chi connectivity index (χ1) is 10.9. The van der Waals surface area contributed by atoms with E-state index in [0.717, 1.165) is 11.3 Å². The van der Waals surface area contributed by atoms with Gasteiger partial charge in [0.15, 0.2) is 6.10 Å². The van der Waals surface area contributed by atoms with Crippen LogP contribution in [-0.2, 0) is 16.1 Å². The normalized spacial score (nSPS) is 11.8. The van der Waals surface area contributed by atoms with Crippen LogP contribution in [0.4, 0.5) is 4.39 Å². The number of carbonyl (C=O) groups excluding carboxylic acids is 2. The average Bonchev–Trinajstić information content (AvgIpc) is 2.87. The van der Waals surface area contributed by atoms with Crippen LogP contribution >= 0.6 is 11.3 Å². The first-order valence-corrected chi connectivity index (χ1v) is 7.53. The van der Waals surface area contributed by atoms with Crippen molar-refractivity contribution >= 4 is 23.2 Å². The summed E-state index contributed by atoms with van der Waals surface area (Å²) < 4.78 is 23.2. The summed E-state index contributed by atoms with van der Waals surface area (Å²) in [6.45, 7) is 3.19. The average molecular weight is 338 g/mol. The molecular formula is C15H15FN2O4S. The highest BCUT2D eigenvalue weighted by Crippen LogP contribution is 2.21. The molecular weight excluding hydrogens is 323 g/mol. The second-order valence-electron chi connectivity index (χ2n) is 4.71. The minimum atomic E-state index is -1.01. The Morgan fingerprint density at radius 1 is 1.35 bits per heavy atom. The minimum absolute atomic E-state index is 0.135. The molecule has 2 N–H and O–H groups in total. The van der Waals surface area contributed by atoms with E-state index in [9.17, 15) is 14.0 Å². The summed E-state index contributed by atoms with van der Waals surface area (Å²) in [7, 11) is 0. The van der Waals surface area contributed by atoms with Gasteiger partial charge in [0.25, 0.3) is 5.91 Å². The second kappa shape index (κ2) is 7.19. The van der Waals surface area contributed by atoms with Crippen LogP contribution in [0.3, 0.4) is 0 Å². The number of amides is 1. The quantitative estimate of drug-likeness (QED) is 0.815. The van der Waals surface area contributed by atoms with E-state index < -0.39 is 18.0 Å². The number of ether oxygens (including phenoxy) is 2. The van der Waals surface area contributed by atoms with Crippen LogP contribution in [0.5, 0.6) is 5.75 Å². The van der Waals surface area contributed by atoms with Crippen molar-refractivity contribution in [1.82, 2.24) is 4.98 Å². The number of aryl methyl sites for hydroxylation is 1. The molecule has 0 spiro atoms. The topological polar surface area (TPSA) is 91.5 Å². The number of esters is 1. The van der Waals surface area contributed by atoms with E-state index in [1.807, 2.05) is 0 Å². The Balaban J connectivity index is 2.01. The molecule has 1 atom stereocenters. The van der Waals surface area contributed by atoms with Crippen LogP contribution in [0.25, 0.3) is 0 Å². The lowest BCUT2D eigenvalue weighted by molar-refractivity contribution is -0.125. The van der Waals surface area contributed by atoms with Crippen molar-refractivity contribution < 1.29 is 23.5 Å². The number of halogens is 1. The zero-order chi connectivity index (χ0) is 17.0. The minimum Gasteiger partial charge on any atom is -0.486 e. The van der Waals surface area contributed by atoms with Crippen molar-refractivity contribution in [3.63, 3.8) is 0 Å². The van der Waals surface area contributed by atoms with Crippen molar-refractivity contribution in [2.75, 3.05) is 0 Å². The van der Waals surface area contributed by atoms with E-state index in [0.29, 0.717) is 16.5 Å². The number of hydrogen-bond donors (Lipinski definition) is 1. The van der Waals surface area contributed by atoms with Crippen molar-refractivity contribution in [2.24, 2.45) is 5.73 Å². The number of primary amides is 1. The van der Waals surface area contributed by atoms with E-state index in [2.05, 4.69) is 4.98 Å². The summed E-state index contributed by atoms with van der Waals surface area (Å²) in [5.74, 6) is -1.23. The lowest BCUT2D eigenvalue weighted by atomic mass is 10.3. The number of carbonyl (C=O) groups is 2. The molecule has 0 aliphatic heterocycles. The van der Waals surface area contributed by atoms with Crippen LogP contribution in [0.1, 0.15) is 27.3 Å². The molecule has 23 heavy (non-hydrogen) atoms. The summed E-state index contributed by atoms with van der Waals surface area (Å²) in [4.78, 5) is 27.4. The van der Waals surface area contributed by atoms with Crippen LogP contribution in [0, 0.1) is 12.7 Å². The van der Waals surface area contributed by atoms with Crippen LogP contribution in [0.2, 0.25) is 0 Å². The molecule has 1 unspecified atom stereocenters. The van der Waals surface area contributed by atoms with Gasteiger partial charge in [-0.25, -0.2) is 14.2 Å².